The first-order chi connectivity index (χ1) is 22.4. The van der Waals surface area contributed by atoms with Crippen molar-refractivity contribution in [2.75, 3.05) is 13.7 Å². The Hall–Kier alpha value is -3.54. The summed E-state index contributed by atoms with van der Waals surface area (Å²) in [7, 11) is 1.50. The number of hydrogen-bond acceptors (Lipinski definition) is 8. The molecule has 2 aliphatic heterocycles. The molecule has 1 unspecified atom stereocenters. The molecule has 9 nitrogen and oxygen atoms in total. The zero-order chi connectivity index (χ0) is 33.4. The first kappa shape index (κ1) is 32.0. The smallest absolute Gasteiger partial charge is 0.289 e. The molecule has 1 saturated carbocycles. The Morgan fingerprint density at radius 2 is 1.85 bits per heavy atom. The van der Waals surface area contributed by atoms with Gasteiger partial charge in [0.2, 0.25) is 0 Å². The Kier molecular flexibility index (Phi) is 7.68. The van der Waals surface area contributed by atoms with Crippen LogP contribution in [0.25, 0.3) is 0 Å². The number of ketones is 1. The van der Waals surface area contributed by atoms with Crippen molar-refractivity contribution in [3.63, 3.8) is 0 Å². The minimum Gasteiger partial charge on any atom is -0.504 e. The highest BCUT2D eigenvalue weighted by molar-refractivity contribution is 7.80. The number of rotatable bonds is 8. The number of hydrogen-bond donors (Lipinski definition) is 4. The van der Waals surface area contributed by atoms with E-state index in [9.17, 15) is 15.0 Å². The van der Waals surface area contributed by atoms with Crippen molar-refractivity contribution in [2.24, 2.45) is 17.8 Å². The molecule has 3 aliphatic carbocycles. The second kappa shape index (κ2) is 11.3. The van der Waals surface area contributed by atoms with Crippen LogP contribution in [0.15, 0.2) is 84.0 Å². The monoisotopic (exact) mass is 658 g/mol. The molecule has 0 spiro atoms. The summed E-state index contributed by atoms with van der Waals surface area (Å²) in [5, 5.41) is 29.3. The average molecular weight is 659 g/mol. The average Bonchev–Trinajstić information content (AvgIpc) is 3.35. The Labute approximate surface area is 280 Å². The molecule has 10 heteroatoms. The Morgan fingerprint density at radius 1 is 1.11 bits per heavy atom. The summed E-state index contributed by atoms with van der Waals surface area (Å²) < 4.78 is 26.2. The summed E-state index contributed by atoms with van der Waals surface area (Å²) in [5.74, 6) is -2.31. The van der Waals surface area contributed by atoms with Crippen molar-refractivity contribution in [1.29, 1.82) is 0 Å². The topological polar surface area (TPSA) is 119 Å². The van der Waals surface area contributed by atoms with Crippen molar-refractivity contribution in [3.8, 4) is 11.5 Å². The predicted molar refractivity (Wildman–Crippen MR) is 179 cm³/mol. The number of methoxy groups -OCH3 is 1. The van der Waals surface area contributed by atoms with E-state index in [1.165, 1.54) is 7.11 Å². The number of ether oxygens (including phenoxy) is 4. The van der Waals surface area contributed by atoms with Gasteiger partial charge in [-0.1, -0.05) is 67.6 Å². The maximum Gasteiger partial charge on any atom is 0.289 e. The van der Waals surface area contributed by atoms with Crippen LogP contribution in [0.4, 0.5) is 0 Å². The van der Waals surface area contributed by atoms with Gasteiger partial charge in [0.15, 0.2) is 22.4 Å². The molecular formula is C37H42N2O7S. The summed E-state index contributed by atoms with van der Waals surface area (Å²) in [6.07, 6.45) is 4.68. The van der Waals surface area contributed by atoms with Gasteiger partial charge in [-0.15, -0.1) is 0 Å². The minimum atomic E-state index is -1.70. The van der Waals surface area contributed by atoms with E-state index in [0.717, 1.165) is 22.3 Å². The van der Waals surface area contributed by atoms with E-state index >= 15 is 0 Å². The van der Waals surface area contributed by atoms with Gasteiger partial charge >= 0.3 is 0 Å². The number of phenols is 1. The summed E-state index contributed by atoms with van der Waals surface area (Å²) in [5.41, 5.74) is 0.612. The van der Waals surface area contributed by atoms with Crippen LogP contribution in [0, 0.1) is 17.8 Å². The second-order valence-electron chi connectivity index (χ2n) is 13.9. The van der Waals surface area contributed by atoms with Crippen molar-refractivity contribution >= 4 is 23.1 Å². The third-order valence-corrected chi connectivity index (χ3v) is 11.2. The minimum absolute atomic E-state index is 0.0644. The van der Waals surface area contributed by atoms with E-state index in [-0.39, 0.29) is 29.8 Å². The maximum atomic E-state index is 13.8. The number of aliphatic hydroxyl groups is 1. The number of nitrogens with one attached hydrogen (secondary N) is 2. The summed E-state index contributed by atoms with van der Waals surface area (Å²) in [6, 6.07) is 15.1. The number of Topliss-reactive ketones (excluding diaryl/α,β-unsaturated/α-hetero) is 1. The lowest BCUT2D eigenvalue weighted by Crippen LogP contribution is -2.70. The van der Waals surface area contributed by atoms with E-state index in [1.807, 2.05) is 43.3 Å². The molecule has 4 N–H and O–H groups in total. The van der Waals surface area contributed by atoms with Crippen LogP contribution in [-0.2, 0) is 32.0 Å². The van der Waals surface area contributed by atoms with Crippen molar-refractivity contribution < 1.29 is 34.0 Å². The zero-order valence-corrected chi connectivity index (χ0v) is 28.0. The summed E-state index contributed by atoms with van der Waals surface area (Å²) >= 11 is 5.62. The highest BCUT2D eigenvalue weighted by atomic mass is 32.1. The lowest BCUT2D eigenvalue weighted by molar-refractivity contribution is -0.421. The standard InChI is InChI=1S/C37H42N2O7S/c1-21(2)35-16-23(4)37-27(32(35)44-36(45-35,46-37)18-24-9-7-6-8-10-24)14-26(17-34(42)30(37)13-22(3)31(34)41)20-39-33(47)38-19-25-11-12-28(40)29(15-25)43-5/h6-15,23,27,30,32,40,42H,1,16-20H2,2-5H3,(H2,38,39,47)/t23-,27+,30-,32-,34-,35-,36?,37-/m1/s1. The van der Waals surface area contributed by atoms with E-state index in [1.54, 1.807) is 25.1 Å². The summed E-state index contributed by atoms with van der Waals surface area (Å²) in [4.78, 5) is 13.8. The molecule has 2 saturated heterocycles. The molecule has 2 aromatic rings. The van der Waals surface area contributed by atoms with Crippen LogP contribution in [0.3, 0.4) is 0 Å². The van der Waals surface area contributed by atoms with E-state index in [4.69, 9.17) is 31.2 Å². The molecule has 2 heterocycles. The van der Waals surface area contributed by atoms with Gasteiger partial charge in [0.25, 0.3) is 5.97 Å². The van der Waals surface area contributed by atoms with Crippen molar-refractivity contribution in [1.82, 2.24) is 10.6 Å². The third kappa shape index (κ3) is 4.87. The van der Waals surface area contributed by atoms with Gasteiger partial charge in [-0.25, -0.2) is 0 Å². The van der Waals surface area contributed by atoms with Crippen LogP contribution < -0.4 is 15.4 Å². The summed E-state index contributed by atoms with van der Waals surface area (Å²) in [6.45, 7) is 11.0. The zero-order valence-electron chi connectivity index (χ0n) is 27.2. The van der Waals surface area contributed by atoms with Crippen molar-refractivity contribution in [3.05, 3.63) is 95.1 Å². The molecule has 0 amide bonds. The number of phenolic OH excluding ortho intramolecular Hbond substituents is 1. The molecule has 0 aromatic heterocycles. The van der Waals surface area contributed by atoms with E-state index < -0.39 is 34.8 Å². The Balaban J connectivity index is 1.22. The lowest BCUT2D eigenvalue weighted by atomic mass is 9.55. The van der Waals surface area contributed by atoms with Crippen LogP contribution in [0.1, 0.15) is 44.7 Å². The molecule has 3 fully saturated rings. The van der Waals surface area contributed by atoms with Gasteiger partial charge in [-0.3, -0.25) is 4.79 Å². The number of carbonyl (C=O) groups excluding carboxylic acids is 1. The van der Waals surface area contributed by atoms with Gasteiger partial charge in [-0.2, -0.15) is 0 Å². The Morgan fingerprint density at radius 3 is 2.57 bits per heavy atom. The SMILES string of the molecule is C=C(C)[C@]12C[C@@H](C)[C@@]34OC(Cc5ccccc5)(O[C@@H]1[C@@H]3C=C(CNC(=S)NCc1ccc(O)c(OC)c1)C[C@]1(O)C(=O)C(C)=C[C@@H]41)O2. The highest BCUT2D eigenvalue weighted by Crippen LogP contribution is 2.68. The number of thiocarbonyl (C=S) groups is 1. The van der Waals surface area contributed by atoms with Crippen LogP contribution in [0.5, 0.6) is 11.5 Å². The second-order valence-corrected chi connectivity index (χ2v) is 14.3. The number of carbonyl (C=O) groups is 1. The molecule has 8 atom stereocenters. The van der Waals surface area contributed by atoms with E-state index in [2.05, 4.69) is 30.2 Å². The van der Waals surface area contributed by atoms with E-state index in [0.29, 0.717) is 42.4 Å². The van der Waals surface area contributed by atoms with Gasteiger partial charge in [0.05, 0.1) is 19.1 Å². The largest absolute Gasteiger partial charge is 0.504 e. The number of aromatic hydroxyl groups is 1. The first-order valence-electron chi connectivity index (χ1n) is 16.2. The van der Waals surface area contributed by atoms with Crippen LogP contribution in [-0.4, -0.2) is 63.6 Å². The first-order valence-corrected chi connectivity index (χ1v) is 16.6. The number of benzene rings is 2. The van der Waals surface area contributed by atoms with Gasteiger partial charge in [0.1, 0.15) is 17.3 Å². The van der Waals surface area contributed by atoms with Crippen LogP contribution >= 0.6 is 12.2 Å². The van der Waals surface area contributed by atoms with Gasteiger partial charge in [0, 0.05) is 31.3 Å². The molecule has 0 radical (unpaired) electrons. The fourth-order valence-electron chi connectivity index (χ4n) is 8.78. The highest BCUT2D eigenvalue weighted by Gasteiger charge is 2.79. The normalized spacial score (nSPS) is 36.5. The van der Waals surface area contributed by atoms with Crippen LogP contribution in [0.2, 0.25) is 0 Å². The third-order valence-electron chi connectivity index (χ3n) is 10.9. The number of fused-ring (bicyclic) bond motifs is 2. The molecular weight excluding hydrogens is 616 g/mol. The van der Waals surface area contributed by atoms with Gasteiger partial charge in [-0.05, 0) is 72.8 Å². The molecule has 47 heavy (non-hydrogen) atoms. The molecule has 7 rings (SSSR count). The predicted octanol–water partition coefficient (Wildman–Crippen LogP) is 4.62. The van der Waals surface area contributed by atoms with Crippen molar-refractivity contribution in [2.45, 2.75) is 75.5 Å². The fraction of sp³-hybridized carbons (Fsp3) is 0.459. The lowest BCUT2D eigenvalue weighted by Gasteiger charge is -2.59. The maximum absolute atomic E-state index is 13.8. The molecule has 2 aromatic carbocycles. The fourth-order valence-corrected chi connectivity index (χ4v) is 8.93. The molecule has 5 aliphatic rings. The molecule has 248 valence electrons. The Bertz CT molecular complexity index is 1710. The quantitative estimate of drug-likeness (QED) is 0.236. The molecule has 3 bridgehead atoms. The van der Waals surface area contributed by atoms with Gasteiger partial charge < -0.3 is 39.8 Å².